The molecule has 0 aliphatic heterocycles. The van der Waals surface area contributed by atoms with Crippen LogP contribution >= 0.6 is 0 Å². The topological polar surface area (TPSA) is 78.0 Å². The Morgan fingerprint density at radius 1 is 0.853 bits per heavy atom. The fourth-order valence-corrected chi connectivity index (χ4v) is 5.30. The zero-order valence-electron chi connectivity index (χ0n) is 19.6. The average Bonchev–Trinajstić information content (AvgIpc) is 2.86. The Labute approximate surface area is 200 Å². The molecule has 0 N–H and O–H groups in total. The van der Waals surface area contributed by atoms with Gasteiger partial charge in [-0.1, -0.05) is 24.3 Å². The number of halogens is 1. The highest BCUT2D eigenvalue weighted by Gasteiger charge is 2.36. The minimum absolute atomic E-state index is 0.149. The van der Waals surface area contributed by atoms with Gasteiger partial charge in [-0.2, -0.15) is 4.31 Å². The van der Waals surface area contributed by atoms with Crippen molar-refractivity contribution in [3.8, 4) is 11.5 Å². The van der Waals surface area contributed by atoms with Gasteiger partial charge < -0.3 is 14.2 Å². The third-order valence-corrected chi connectivity index (χ3v) is 7.75. The molecule has 0 fully saturated rings. The SMILES string of the molecule is COc1ccc(CN(Cc2ccc(OC)cc2)S(=O)(=O)[C@H](C)[C@@H](OC)c2ccc(F)cn2)cc1. The van der Waals surface area contributed by atoms with Gasteiger partial charge in [-0.15, -0.1) is 0 Å². The van der Waals surface area contributed by atoms with E-state index in [1.807, 2.05) is 24.3 Å². The van der Waals surface area contributed by atoms with Crippen molar-refractivity contribution in [1.82, 2.24) is 9.29 Å². The summed E-state index contributed by atoms with van der Waals surface area (Å²) in [7, 11) is 0.679. The molecular formula is C25H29FN2O5S. The molecule has 0 amide bonds. The van der Waals surface area contributed by atoms with E-state index in [1.165, 1.54) is 23.5 Å². The van der Waals surface area contributed by atoms with E-state index >= 15 is 0 Å². The first-order chi connectivity index (χ1) is 16.3. The van der Waals surface area contributed by atoms with E-state index < -0.39 is 27.2 Å². The first kappa shape index (κ1) is 25.6. The summed E-state index contributed by atoms with van der Waals surface area (Å²) in [6.45, 7) is 1.87. The van der Waals surface area contributed by atoms with Crippen molar-refractivity contribution in [2.45, 2.75) is 31.4 Å². The Morgan fingerprint density at radius 2 is 1.35 bits per heavy atom. The molecule has 1 heterocycles. The number of methoxy groups -OCH3 is 3. The van der Waals surface area contributed by atoms with Crippen LogP contribution in [0.5, 0.6) is 11.5 Å². The summed E-state index contributed by atoms with van der Waals surface area (Å²) in [5.41, 5.74) is 1.95. The van der Waals surface area contributed by atoms with E-state index in [1.54, 1.807) is 45.4 Å². The van der Waals surface area contributed by atoms with Gasteiger partial charge in [0.25, 0.3) is 0 Å². The Morgan fingerprint density at radius 3 is 1.74 bits per heavy atom. The van der Waals surface area contributed by atoms with Gasteiger partial charge in [-0.25, -0.2) is 12.8 Å². The number of hydrogen-bond donors (Lipinski definition) is 0. The molecule has 0 spiro atoms. The molecule has 3 aromatic rings. The van der Waals surface area contributed by atoms with Crippen LogP contribution < -0.4 is 9.47 Å². The lowest BCUT2D eigenvalue weighted by Gasteiger charge is -2.30. The largest absolute Gasteiger partial charge is 0.497 e. The van der Waals surface area contributed by atoms with Gasteiger partial charge >= 0.3 is 0 Å². The number of nitrogens with zero attached hydrogens (tertiary/aromatic N) is 2. The maximum absolute atomic E-state index is 13.8. The van der Waals surface area contributed by atoms with Crippen LogP contribution in [-0.2, 0) is 27.8 Å². The monoisotopic (exact) mass is 488 g/mol. The molecule has 0 saturated heterocycles. The lowest BCUT2D eigenvalue weighted by Crippen LogP contribution is -2.40. The first-order valence-corrected chi connectivity index (χ1v) is 12.2. The van der Waals surface area contributed by atoms with E-state index in [-0.39, 0.29) is 13.1 Å². The minimum atomic E-state index is -3.89. The quantitative estimate of drug-likeness (QED) is 0.399. The summed E-state index contributed by atoms with van der Waals surface area (Å²) in [4.78, 5) is 4.04. The second-order valence-electron chi connectivity index (χ2n) is 7.77. The molecule has 182 valence electrons. The van der Waals surface area contributed by atoms with Gasteiger partial charge in [-0.3, -0.25) is 4.98 Å². The second-order valence-corrected chi connectivity index (χ2v) is 10.1. The molecule has 0 aliphatic carbocycles. The van der Waals surface area contributed by atoms with E-state index in [2.05, 4.69) is 4.98 Å². The molecule has 2 aromatic carbocycles. The van der Waals surface area contributed by atoms with Crippen LogP contribution in [0.25, 0.3) is 0 Å². The number of benzene rings is 2. The van der Waals surface area contributed by atoms with Crippen molar-refractivity contribution in [3.05, 3.63) is 89.5 Å². The van der Waals surface area contributed by atoms with Crippen molar-refractivity contribution in [1.29, 1.82) is 0 Å². The first-order valence-electron chi connectivity index (χ1n) is 10.7. The van der Waals surface area contributed by atoms with Crippen molar-refractivity contribution in [2.75, 3.05) is 21.3 Å². The van der Waals surface area contributed by atoms with E-state index in [9.17, 15) is 12.8 Å². The fraction of sp³-hybridized carbons (Fsp3) is 0.320. The minimum Gasteiger partial charge on any atom is -0.497 e. The number of sulfonamides is 1. The normalized spacial score (nSPS) is 13.5. The van der Waals surface area contributed by atoms with Crippen LogP contribution in [0.15, 0.2) is 66.9 Å². The highest BCUT2D eigenvalue weighted by atomic mass is 32.2. The van der Waals surface area contributed by atoms with Crippen LogP contribution in [0, 0.1) is 5.82 Å². The third-order valence-electron chi connectivity index (χ3n) is 5.59. The molecule has 0 bridgehead atoms. The zero-order valence-corrected chi connectivity index (χ0v) is 20.5. The smallest absolute Gasteiger partial charge is 0.220 e. The highest BCUT2D eigenvalue weighted by Crippen LogP contribution is 2.29. The van der Waals surface area contributed by atoms with Crippen molar-refractivity contribution >= 4 is 10.0 Å². The predicted octanol–water partition coefficient (Wildman–Crippen LogP) is 4.35. The Bertz CT molecular complexity index is 1100. The Kier molecular flexibility index (Phi) is 8.60. The molecular weight excluding hydrogens is 459 g/mol. The molecule has 3 rings (SSSR count). The van der Waals surface area contributed by atoms with Crippen LogP contribution in [0.4, 0.5) is 4.39 Å². The van der Waals surface area contributed by atoms with Crippen molar-refractivity contribution in [2.24, 2.45) is 0 Å². The number of pyridine rings is 1. The van der Waals surface area contributed by atoms with Crippen molar-refractivity contribution < 1.29 is 27.0 Å². The molecule has 7 nitrogen and oxygen atoms in total. The van der Waals surface area contributed by atoms with E-state index in [0.717, 1.165) is 17.3 Å². The predicted molar refractivity (Wildman–Crippen MR) is 128 cm³/mol. The fourth-order valence-electron chi connectivity index (χ4n) is 3.60. The third kappa shape index (κ3) is 6.11. The number of aromatic nitrogens is 1. The Hall–Kier alpha value is -3.01. The standard InChI is InChI=1S/C25H29FN2O5S/c1-18(25(33-4)24-14-9-21(26)15-27-24)34(29,30)28(16-19-5-10-22(31-2)11-6-19)17-20-7-12-23(32-3)13-8-20/h5-15,18,25H,16-17H2,1-4H3/t18-,25-/m1/s1. The van der Waals surface area contributed by atoms with Gasteiger partial charge in [0.1, 0.15) is 28.7 Å². The summed E-state index contributed by atoms with van der Waals surface area (Å²) in [5.74, 6) is 0.863. The lowest BCUT2D eigenvalue weighted by molar-refractivity contribution is 0.0967. The molecule has 0 unspecified atom stereocenters. The molecule has 0 radical (unpaired) electrons. The highest BCUT2D eigenvalue weighted by molar-refractivity contribution is 7.89. The van der Waals surface area contributed by atoms with E-state index in [0.29, 0.717) is 17.2 Å². The van der Waals surface area contributed by atoms with Crippen LogP contribution in [0.2, 0.25) is 0 Å². The molecule has 1 aromatic heterocycles. The summed E-state index contributed by atoms with van der Waals surface area (Å²) in [6.07, 6.45) is 0.174. The number of rotatable bonds is 11. The van der Waals surface area contributed by atoms with Gasteiger partial charge in [0.15, 0.2) is 0 Å². The summed E-state index contributed by atoms with van der Waals surface area (Å²) in [6, 6.07) is 17.1. The van der Waals surface area contributed by atoms with Crippen LogP contribution in [-0.4, -0.2) is 44.3 Å². The van der Waals surface area contributed by atoms with Crippen molar-refractivity contribution in [3.63, 3.8) is 0 Å². The lowest BCUT2D eigenvalue weighted by atomic mass is 10.2. The molecule has 34 heavy (non-hydrogen) atoms. The maximum atomic E-state index is 13.8. The summed E-state index contributed by atoms with van der Waals surface area (Å²) >= 11 is 0. The Balaban J connectivity index is 1.94. The van der Waals surface area contributed by atoms with Gasteiger partial charge in [0.05, 0.1) is 26.1 Å². The summed E-state index contributed by atoms with van der Waals surface area (Å²) < 4.78 is 58.3. The molecule has 9 heteroatoms. The average molecular weight is 489 g/mol. The van der Waals surface area contributed by atoms with Gasteiger partial charge in [0.2, 0.25) is 10.0 Å². The number of ether oxygens (including phenoxy) is 3. The van der Waals surface area contributed by atoms with E-state index in [4.69, 9.17) is 14.2 Å². The van der Waals surface area contributed by atoms with Crippen LogP contribution in [0.1, 0.15) is 29.8 Å². The van der Waals surface area contributed by atoms with Gasteiger partial charge in [0, 0.05) is 20.2 Å². The molecule has 2 atom stereocenters. The molecule has 0 aliphatic rings. The summed E-state index contributed by atoms with van der Waals surface area (Å²) in [5, 5.41) is -0.980. The molecule has 0 saturated carbocycles. The van der Waals surface area contributed by atoms with Gasteiger partial charge in [-0.05, 0) is 54.4 Å². The second kappa shape index (κ2) is 11.4. The van der Waals surface area contributed by atoms with Crippen LogP contribution in [0.3, 0.4) is 0 Å². The maximum Gasteiger partial charge on any atom is 0.220 e. The zero-order chi connectivity index (χ0) is 24.7. The number of hydrogen-bond acceptors (Lipinski definition) is 6.